The number of hydrogen-bond acceptors (Lipinski definition) is 4. The summed E-state index contributed by atoms with van der Waals surface area (Å²) in [5, 5.41) is 17.1. The summed E-state index contributed by atoms with van der Waals surface area (Å²) < 4.78 is 5.17. The lowest BCUT2D eigenvalue weighted by Gasteiger charge is -2.23. The van der Waals surface area contributed by atoms with Crippen LogP contribution in [0.5, 0.6) is 0 Å². The minimum absolute atomic E-state index is 0.214. The fourth-order valence-corrected chi connectivity index (χ4v) is 2.69. The number of aliphatic hydroxyl groups is 1. The van der Waals surface area contributed by atoms with Crippen LogP contribution in [0.1, 0.15) is 68.3 Å². The molecule has 2 N–H and O–H groups in total. The molecular weight excluding hydrogens is 256 g/mol. The zero-order valence-corrected chi connectivity index (χ0v) is 12.7. The molecule has 2 rings (SSSR count). The van der Waals surface area contributed by atoms with E-state index in [0.717, 1.165) is 25.7 Å². The molecule has 0 aromatic carbocycles. The van der Waals surface area contributed by atoms with Crippen LogP contribution in [-0.4, -0.2) is 28.3 Å². The summed E-state index contributed by atoms with van der Waals surface area (Å²) in [4.78, 5) is 12.4. The summed E-state index contributed by atoms with van der Waals surface area (Å²) in [7, 11) is 0. The molecule has 0 atom stereocenters. The maximum absolute atomic E-state index is 12.4. The normalized spacial score (nSPS) is 18.2. The fourth-order valence-electron chi connectivity index (χ4n) is 2.69. The van der Waals surface area contributed by atoms with Crippen molar-refractivity contribution in [2.75, 3.05) is 6.54 Å². The van der Waals surface area contributed by atoms with Gasteiger partial charge in [0.25, 0.3) is 5.91 Å². The van der Waals surface area contributed by atoms with E-state index in [1.54, 1.807) is 6.92 Å². The van der Waals surface area contributed by atoms with Crippen molar-refractivity contribution < 1.29 is 14.4 Å². The molecule has 1 aromatic heterocycles. The average Bonchev–Trinajstić information content (AvgIpc) is 2.93. The number of rotatable bonds is 3. The topological polar surface area (TPSA) is 75.4 Å². The van der Waals surface area contributed by atoms with Gasteiger partial charge in [0.1, 0.15) is 17.0 Å². The van der Waals surface area contributed by atoms with Crippen molar-refractivity contribution in [1.29, 1.82) is 0 Å². The van der Waals surface area contributed by atoms with Crippen molar-refractivity contribution in [3.63, 3.8) is 0 Å². The minimum Gasteiger partial charge on any atom is -0.388 e. The van der Waals surface area contributed by atoms with Gasteiger partial charge in [-0.05, 0) is 19.8 Å². The molecule has 0 radical (unpaired) electrons. The number of nitrogens with zero attached hydrogens (tertiary/aromatic N) is 1. The minimum atomic E-state index is -0.747. The molecule has 112 valence electrons. The number of amides is 1. The number of hydrogen-bond donors (Lipinski definition) is 2. The van der Waals surface area contributed by atoms with Crippen LogP contribution in [0, 0.1) is 6.92 Å². The number of carbonyl (C=O) groups is 1. The van der Waals surface area contributed by atoms with Gasteiger partial charge in [-0.3, -0.25) is 4.79 Å². The second-order valence-electron chi connectivity index (χ2n) is 6.83. The maximum atomic E-state index is 12.4. The highest BCUT2D eigenvalue weighted by molar-refractivity contribution is 5.96. The Morgan fingerprint density at radius 2 is 2.00 bits per heavy atom. The predicted molar refractivity (Wildman–Crippen MR) is 75.7 cm³/mol. The highest BCUT2D eigenvalue weighted by atomic mass is 16.5. The van der Waals surface area contributed by atoms with Crippen molar-refractivity contribution in [3.05, 3.63) is 17.0 Å². The molecule has 20 heavy (non-hydrogen) atoms. The van der Waals surface area contributed by atoms with E-state index in [-0.39, 0.29) is 11.3 Å². The van der Waals surface area contributed by atoms with Crippen molar-refractivity contribution in [1.82, 2.24) is 10.5 Å². The van der Waals surface area contributed by atoms with Gasteiger partial charge in [-0.15, -0.1) is 0 Å². The third-order valence-corrected chi connectivity index (χ3v) is 3.91. The Hall–Kier alpha value is -1.36. The Morgan fingerprint density at radius 3 is 2.55 bits per heavy atom. The highest BCUT2D eigenvalue weighted by Gasteiger charge is 2.33. The first-order valence-electron chi connectivity index (χ1n) is 7.20. The zero-order valence-electron chi connectivity index (χ0n) is 12.7. The Kier molecular flexibility index (Phi) is 3.91. The fraction of sp³-hybridized carbons (Fsp3) is 0.733. The van der Waals surface area contributed by atoms with Gasteiger partial charge < -0.3 is 14.9 Å². The summed E-state index contributed by atoms with van der Waals surface area (Å²) in [5.41, 5.74) is 0.155. The van der Waals surface area contributed by atoms with Gasteiger partial charge in [-0.2, -0.15) is 0 Å². The van der Waals surface area contributed by atoms with E-state index in [2.05, 4.69) is 10.5 Å². The zero-order chi connectivity index (χ0) is 15.0. The van der Waals surface area contributed by atoms with Crippen LogP contribution in [0.4, 0.5) is 0 Å². The van der Waals surface area contributed by atoms with E-state index in [1.807, 2.05) is 20.8 Å². The quantitative estimate of drug-likeness (QED) is 0.891. The molecule has 0 unspecified atom stereocenters. The van der Waals surface area contributed by atoms with Crippen LogP contribution in [0.3, 0.4) is 0 Å². The summed E-state index contributed by atoms with van der Waals surface area (Å²) in [5.74, 6) is 0.305. The number of aromatic nitrogens is 1. The van der Waals surface area contributed by atoms with Gasteiger partial charge in [-0.25, -0.2) is 0 Å². The molecular formula is C15H24N2O3. The van der Waals surface area contributed by atoms with Crippen LogP contribution >= 0.6 is 0 Å². The number of aryl methyl sites for hydroxylation is 1. The monoisotopic (exact) mass is 280 g/mol. The first kappa shape index (κ1) is 15.0. The number of carbonyl (C=O) groups excluding carboxylic acids is 1. The maximum Gasteiger partial charge on any atom is 0.256 e. The summed E-state index contributed by atoms with van der Waals surface area (Å²) in [6.45, 7) is 8.00. The van der Waals surface area contributed by atoms with Crippen LogP contribution in [0.25, 0.3) is 0 Å². The average molecular weight is 280 g/mol. The van der Waals surface area contributed by atoms with Gasteiger partial charge in [-0.1, -0.05) is 38.8 Å². The van der Waals surface area contributed by atoms with E-state index < -0.39 is 5.60 Å². The molecule has 1 amide bonds. The molecule has 1 aliphatic carbocycles. The second kappa shape index (κ2) is 5.20. The molecule has 0 bridgehead atoms. The van der Waals surface area contributed by atoms with E-state index in [9.17, 15) is 9.90 Å². The van der Waals surface area contributed by atoms with E-state index in [4.69, 9.17) is 4.52 Å². The van der Waals surface area contributed by atoms with Crippen LogP contribution < -0.4 is 5.32 Å². The molecule has 0 aliphatic heterocycles. The van der Waals surface area contributed by atoms with Gasteiger partial charge in [0.2, 0.25) is 0 Å². The molecule has 1 fully saturated rings. The van der Waals surface area contributed by atoms with Gasteiger partial charge in [0, 0.05) is 12.0 Å². The third-order valence-electron chi connectivity index (χ3n) is 3.91. The Labute approximate surface area is 119 Å². The lowest BCUT2D eigenvalue weighted by molar-refractivity contribution is 0.0449. The van der Waals surface area contributed by atoms with Crippen molar-refractivity contribution >= 4 is 5.91 Å². The molecule has 5 heteroatoms. The van der Waals surface area contributed by atoms with Crippen LogP contribution in [0.15, 0.2) is 4.52 Å². The van der Waals surface area contributed by atoms with Gasteiger partial charge in [0.15, 0.2) is 0 Å². The van der Waals surface area contributed by atoms with Gasteiger partial charge >= 0.3 is 0 Å². The largest absolute Gasteiger partial charge is 0.388 e. The van der Waals surface area contributed by atoms with Crippen molar-refractivity contribution in [2.45, 2.75) is 64.4 Å². The highest BCUT2D eigenvalue weighted by Crippen LogP contribution is 2.30. The van der Waals surface area contributed by atoms with E-state index in [1.165, 1.54) is 0 Å². The Balaban J connectivity index is 2.11. The number of nitrogens with one attached hydrogen (secondary N) is 1. The molecule has 1 heterocycles. The lowest BCUT2D eigenvalue weighted by Crippen LogP contribution is -2.41. The predicted octanol–water partition coefficient (Wildman–Crippen LogP) is 2.32. The second-order valence-corrected chi connectivity index (χ2v) is 6.83. The lowest BCUT2D eigenvalue weighted by atomic mass is 9.88. The Bertz CT molecular complexity index is 494. The van der Waals surface area contributed by atoms with Crippen molar-refractivity contribution in [3.8, 4) is 0 Å². The standard InChI is InChI=1S/C15H24N2O3/c1-10-11(12(17-20-10)14(2,3)4)13(18)16-9-15(19)7-5-6-8-15/h19H,5-9H2,1-4H3,(H,16,18). The molecule has 5 nitrogen and oxygen atoms in total. The van der Waals surface area contributed by atoms with E-state index in [0.29, 0.717) is 23.6 Å². The molecule has 1 aromatic rings. The molecule has 1 aliphatic rings. The van der Waals surface area contributed by atoms with Crippen molar-refractivity contribution in [2.24, 2.45) is 0 Å². The Morgan fingerprint density at radius 1 is 1.40 bits per heavy atom. The van der Waals surface area contributed by atoms with Crippen LogP contribution in [0.2, 0.25) is 0 Å². The third kappa shape index (κ3) is 3.03. The first-order valence-corrected chi connectivity index (χ1v) is 7.20. The van der Waals surface area contributed by atoms with Crippen LogP contribution in [-0.2, 0) is 5.41 Å². The SMILES string of the molecule is Cc1onc(C(C)(C)C)c1C(=O)NCC1(O)CCCC1. The first-order chi connectivity index (χ1) is 9.23. The van der Waals surface area contributed by atoms with E-state index >= 15 is 0 Å². The molecule has 1 saturated carbocycles. The summed E-state index contributed by atoms with van der Waals surface area (Å²) in [6, 6.07) is 0. The molecule has 0 spiro atoms. The summed E-state index contributed by atoms with van der Waals surface area (Å²) in [6.07, 6.45) is 3.54. The molecule has 0 saturated heterocycles. The summed E-state index contributed by atoms with van der Waals surface area (Å²) >= 11 is 0. The van der Waals surface area contributed by atoms with Gasteiger partial charge in [0.05, 0.1) is 5.60 Å². The smallest absolute Gasteiger partial charge is 0.256 e.